The molecule has 0 radical (unpaired) electrons. The summed E-state index contributed by atoms with van der Waals surface area (Å²) in [7, 11) is 1.52. The number of nitrogen functional groups attached to an aromatic ring is 1. The lowest BCUT2D eigenvalue weighted by Gasteiger charge is -2.11. The van der Waals surface area contributed by atoms with Gasteiger partial charge in [0.25, 0.3) is 5.91 Å². The number of ether oxygens (including phenoxy) is 2. The van der Waals surface area contributed by atoms with E-state index < -0.39 is 11.9 Å². The van der Waals surface area contributed by atoms with Gasteiger partial charge in [0, 0.05) is 11.4 Å². The zero-order valence-corrected chi connectivity index (χ0v) is 15.8. The number of amides is 3. The molecular formula is C20H19N5O4. The molecule has 3 rings (SSSR count). The second-order valence-electron chi connectivity index (χ2n) is 5.98. The van der Waals surface area contributed by atoms with Crippen LogP contribution in [0.1, 0.15) is 15.9 Å². The lowest BCUT2D eigenvalue weighted by Crippen LogP contribution is -2.34. The third-order valence-corrected chi connectivity index (χ3v) is 3.91. The van der Waals surface area contributed by atoms with E-state index in [9.17, 15) is 9.59 Å². The van der Waals surface area contributed by atoms with E-state index >= 15 is 0 Å². The molecule has 9 nitrogen and oxygen atoms in total. The van der Waals surface area contributed by atoms with Gasteiger partial charge in [-0.3, -0.25) is 10.1 Å². The fraction of sp³-hybridized carbons (Fsp3) is 0.100. The molecule has 1 aromatic heterocycles. The lowest BCUT2D eigenvalue weighted by molar-refractivity contribution is 0.0968. The first-order chi connectivity index (χ1) is 14.0. The Morgan fingerprint density at radius 1 is 1.07 bits per heavy atom. The van der Waals surface area contributed by atoms with Crippen LogP contribution in [0, 0.1) is 6.92 Å². The molecule has 0 aliphatic carbocycles. The summed E-state index contributed by atoms with van der Waals surface area (Å²) >= 11 is 0. The molecular weight excluding hydrogens is 374 g/mol. The maximum absolute atomic E-state index is 12.1. The van der Waals surface area contributed by atoms with Crippen LogP contribution in [0.4, 0.5) is 16.2 Å². The van der Waals surface area contributed by atoms with Gasteiger partial charge < -0.3 is 20.5 Å². The molecule has 0 saturated carbocycles. The van der Waals surface area contributed by atoms with Crippen molar-refractivity contribution in [2.24, 2.45) is 0 Å². The molecule has 2 aromatic carbocycles. The standard InChI is InChI=1S/C20H19N5O4/c1-12-9-13(7-8-17(12)29-20-22-10-14(28-2)11-23-20)24-19(27)25-18(26)15-5-3-4-6-16(15)21/h3-11H,21H2,1-2H3,(H2,24,25,26,27). The van der Waals surface area contributed by atoms with Crippen LogP contribution >= 0.6 is 0 Å². The number of imide groups is 1. The highest BCUT2D eigenvalue weighted by Crippen LogP contribution is 2.25. The highest BCUT2D eigenvalue weighted by molar-refractivity contribution is 6.10. The van der Waals surface area contributed by atoms with Gasteiger partial charge >= 0.3 is 12.0 Å². The van der Waals surface area contributed by atoms with Gasteiger partial charge in [-0.05, 0) is 42.8 Å². The topological polar surface area (TPSA) is 128 Å². The molecule has 4 N–H and O–H groups in total. The second-order valence-corrected chi connectivity index (χ2v) is 5.98. The van der Waals surface area contributed by atoms with Crippen molar-refractivity contribution in [2.75, 3.05) is 18.2 Å². The Kier molecular flexibility index (Phi) is 5.88. The maximum Gasteiger partial charge on any atom is 0.326 e. The van der Waals surface area contributed by atoms with Crippen LogP contribution in [-0.4, -0.2) is 29.0 Å². The number of rotatable bonds is 5. The van der Waals surface area contributed by atoms with E-state index in [0.29, 0.717) is 17.2 Å². The Labute approximate surface area is 166 Å². The van der Waals surface area contributed by atoms with E-state index in [1.54, 1.807) is 43.3 Å². The molecule has 0 fully saturated rings. The molecule has 0 spiro atoms. The number of urea groups is 1. The fourth-order valence-electron chi connectivity index (χ4n) is 2.44. The third kappa shape index (κ3) is 4.98. The van der Waals surface area contributed by atoms with Crippen LogP contribution in [-0.2, 0) is 0 Å². The quantitative estimate of drug-likeness (QED) is 0.568. The minimum Gasteiger partial charge on any atom is -0.494 e. The fourth-order valence-corrected chi connectivity index (χ4v) is 2.44. The molecule has 0 aliphatic rings. The molecule has 0 unspecified atom stereocenters. The van der Waals surface area contributed by atoms with Crippen molar-refractivity contribution in [3.63, 3.8) is 0 Å². The Hall–Kier alpha value is -4.14. The van der Waals surface area contributed by atoms with Gasteiger partial charge in [0.2, 0.25) is 0 Å². The van der Waals surface area contributed by atoms with Crippen LogP contribution in [0.2, 0.25) is 0 Å². The smallest absolute Gasteiger partial charge is 0.326 e. The maximum atomic E-state index is 12.1. The van der Waals surface area contributed by atoms with Crippen molar-refractivity contribution >= 4 is 23.3 Å². The minimum absolute atomic E-state index is 0.165. The van der Waals surface area contributed by atoms with E-state index in [4.69, 9.17) is 15.2 Å². The predicted molar refractivity (Wildman–Crippen MR) is 107 cm³/mol. The van der Waals surface area contributed by atoms with Crippen LogP contribution < -0.4 is 25.8 Å². The molecule has 3 aromatic rings. The number of anilines is 2. The number of benzene rings is 2. The number of aromatic nitrogens is 2. The van der Waals surface area contributed by atoms with Gasteiger partial charge in [0.05, 0.1) is 25.1 Å². The summed E-state index contributed by atoms with van der Waals surface area (Å²) in [6, 6.07) is 11.0. The van der Waals surface area contributed by atoms with E-state index in [0.717, 1.165) is 5.56 Å². The van der Waals surface area contributed by atoms with Gasteiger partial charge in [-0.15, -0.1) is 0 Å². The zero-order valence-electron chi connectivity index (χ0n) is 15.8. The first-order valence-corrected chi connectivity index (χ1v) is 8.57. The Bertz CT molecular complexity index is 1040. The molecule has 0 atom stereocenters. The molecule has 9 heteroatoms. The predicted octanol–water partition coefficient (Wildman–Crippen LogP) is 3.13. The summed E-state index contributed by atoms with van der Waals surface area (Å²) in [4.78, 5) is 32.3. The van der Waals surface area contributed by atoms with E-state index in [1.807, 2.05) is 0 Å². The first kappa shape index (κ1) is 19.6. The summed E-state index contributed by atoms with van der Waals surface area (Å²) in [6.07, 6.45) is 2.99. The average molecular weight is 393 g/mol. The van der Waals surface area contributed by atoms with Gasteiger partial charge in [0.15, 0.2) is 5.75 Å². The summed E-state index contributed by atoms with van der Waals surface area (Å²) in [5.74, 6) is 0.453. The number of carbonyl (C=O) groups excluding carboxylic acids is 2. The van der Waals surface area contributed by atoms with Crippen LogP contribution in [0.3, 0.4) is 0 Å². The Balaban J connectivity index is 1.62. The van der Waals surface area contributed by atoms with Gasteiger partial charge in [-0.1, -0.05) is 12.1 Å². The number of hydrogen-bond acceptors (Lipinski definition) is 7. The van der Waals surface area contributed by atoms with Crippen molar-refractivity contribution in [2.45, 2.75) is 6.92 Å². The molecule has 0 bridgehead atoms. The first-order valence-electron chi connectivity index (χ1n) is 8.57. The number of methoxy groups -OCH3 is 1. The summed E-state index contributed by atoms with van der Waals surface area (Å²) in [6.45, 7) is 1.80. The third-order valence-electron chi connectivity index (χ3n) is 3.91. The SMILES string of the molecule is COc1cnc(Oc2ccc(NC(=O)NC(=O)c3ccccc3N)cc2C)nc1. The summed E-state index contributed by atoms with van der Waals surface area (Å²) in [5.41, 5.74) is 7.47. The molecule has 0 aliphatic heterocycles. The monoisotopic (exact) mass is 393 g/mol. The van der Waals surface area contributed by atoms with Crippen molar-refractivity contribution in [3.8, 4) is 17.5 Å². The average Bonchev–Trinajstić information content (AvgIpc) is 2.70. The second kappa shape index (κ2) is 8.70. The van der Waals surface area contributed by atoms with E-state index in [1.165, 1.54) is 25.6 Å². The number of aryl methyl sites for hydroxylation is 1. The van der Waals surface area contributed by atoms with Crippen molar-refractivity contribution < 1.29 is 19.1 Å². The Morgan fingerprint density at radius 2 is 1.79 bits per heavy atom. The number of nitrogens with two attached hydrogens (primary N) is 1. The number of nitrogens with zero attached hydrogens (tertiary/aromatic N) is 2. The van der Waals surface area contributed by atoms with Crippen LogP contribution in [0.25, 0.3) is 0 Å². The molecule has 29 heavy (non-hydrogen) atoms. The molecule has 3 amide bonds. The number of carbonyl (C=O) groups is 2. The summed E-state index contributed by atoms with van der Waals surface area (Å²) < 4.78 is 10.6. The van der Waals surface area contributed by atoms with E-state index in [2.05, 4.69) is 20.6 Å². The number of nitrogens with one attached hydrogen (secondary N) is 2. The van der Waals surface area contributed by atoms with Gasteiger partial charge in [-0.25, -0.2) is 4.79 Å². The molecule has 1 heterocycles. The zero-order chi connectivity index (χ0) is 20.8. The lowest BCUT2D eigenvalue weighted by atomic mass is 10.1. The van der Waals surface area contributed by atoms with E-state index in [-0.39, 0.29) is 17.3 Å². The van der Waals surface area contributed by atoms with Gasteiger partial charge in [-0.2, -0.15) is 9.97 Å². The summed E-state index contributed by atoms with van der Waals surface area (Å²) in [5, 5.41) is 4.83. The van der Waals surface area contributed by atoms with Crippen molar-refractivity contribution in [1.29, 1.82) is 0 Å². The van der Waals surface area contributed by atoms with Crippen LogP contribution in [0.15, 0.2) is 54.9 Å². The largest absolute Gasteiger partial charge is 0.494 e. The minimum atomic E-state index is -0.676. The highest BCUT2D eigenvalue weighted by Gasteiger charge is 2.13. The molecule has 148 valence electrons. The van der Waals surface area contributed by atoms with Gasteiger partial charge in [0.1, 0.15) is 5.75 Å². The molecule has 0 saturated heterocycles. The normalized spacial score (nSPS) is 10.1. The van der Waals surface area contributed by atoms with Crippen molar-refractivity contribution in [1.82, 2.24) is 15.3 Å². The highest BCUT2D eigenvalue weighted by atomic mass is 16.5. The van der Waals surface area contributed by atoms with Crippen LogP contribution in [0.5, 0.6) is 17.5 Å². The Morgan fingerprint density at radius 3 is 2.45 bits per heavy atom. The van der Waals surface area contributed by atoms with Crippen molar-refractivity contribution in [3.05, 3.63) is 66.0 Å². The number of hydrogen-bond donors (Lipinski definition) is 3. The number of para-hydroxylation sites is 1.